The minimum absolute atomic E-state index is 0.0226. The molecule has 1 heterocycles. The van der Waals surface area contributed by atoms with Gasteiger partial charge in [0.15, 0.2) is 0 Å². The predicted molar refractivity (Wildman–Crippen MR) is 65.6 cm³/mol. The van der Waals surface area contributed by atoms with Crippen LogP contribution in [0.15, 0.2) is 12.3 Å². The molecule has 0 radical (unpaired) electrons. The van der Waals surface area contributed by atoms with Crippen molar-refractivity contribution < 1.29 is 15.0 Å². The molecule has 17 heavy (non-hydrogen) atoms. The van der Waals surface area contributed by atoms with Crippen molar-refractivity contribution >= 4 is 23.4 Å². The Labute approximate surface area is 104 Å². The van der Waals surface area contributed by atoms with Gasteiger partial charge in [-0.1, -0.05) is 11.6 Å². The van der Waals surface area contributed by atoms with Crippen LogP contribution < -0.4 is 5.32 Å². The zero-order chi connectivity index (χ0) is 13.2. The van der Waals surface area contributed by atoms with Crippen molar-refractivity contribution in [2.24, 2.45) is 0 Å². The maximum Gasteiger partial charge on any atom is 0.337 e. The molecule has 94 valence electrons. The van der Waals surface area contributed by atoms with E-state index in [1.807, 2.05) is 0 Å². The molecule has 0 saturated carbocycles. The number of aliphatic hydroxyl groups excluding tert-OH is 1. The number of hydrogen-bond donors (Lipinski definition) is 3. The van der Waals surface area contributed by atoms with E-state index in [2.05, 4.69) is 10.3 Å². The summed E-state index contributed by atoms with van der Waals surface area (Å²) >= 11 is 5.70. The Morgan fingerprint density at radius 2 is 2.18 bits per heavy atom. The SMILES string of the molecule is CC(O)C(C)(C)Nc1cc(C(=O)O)c(Cl)cn1. The van der Waals surface area contributed by atoms with Gasteiger partial charge >= 0.3 is 5.97 Å². The highest BCUT2D eigenvalue weighted by molar-refractivity contribution is 6.33. The largest absolute Gasteiger partial charge is 0.478 e. The summed E-state index contributed by atoms with van der Waals surface area (Å²) in [5.41, 5.74) is -0.637. The van der Waals surface area contributed by atoms with E-state index in [0.717, 1.165) is 0 Å². The standard InChI is InChI=1S/C11H15ClN2O3/c1-6(15)11(2,3)14-9-4-7(10(16)17)8(12)5-13-9/h4-6,15H,1-3H3,(H,13,14)(H,16,17). The summed E-state index contributed by atoms with van der Waals surface area (Å²) in [6, 6.07) is 1.34. The fourth-order valence-electron chi connectivity index (χ4n) is 1.11. The van der Waals surface area contributed by atoms with Crippen LogP contribution in [0.1, 0.15) is 31.1 Å². The number of carboxylic acid groups (broad SMARTS) is 1. The number of anilines is 1. The van der Waals surface area contributed by atoms with E-state index in [-0.39, 0.29) is 10.6 Å². The molecular formula is C11H15ClN2O3. The van der Waals surface area contributed by atoms with Crippen LogP contribution in [0.2, 0.25) is 5.02 Å². The lowest BCUT2D eigenvalue weighted by Gasteiger charge is -2.30. The highest BCUT2D eigenvalue weighted by atomic mass is 35.5. The van der Waals surface area contributed by atoms with Crippen LogP contribution >= 0.6 is 11.6 Å². The first kappa shape index (κ1) is 13.7. The van der Waals surface area contributed by atoms with E-state index in [1.54, 1.807) is 20.8 Å². The summed E-state index contributed by atoms with van der Waals surface area (Å²) in [6.07, 6.45) is 0.652. The molecule has 0 aliphatic heterocycles. The lowest BCUT2D eigenvalue weighted by molar-refractivity contribution is 0.0697. The van der Waals surface area contributed by atoms with Crippen LogP contribution in [0.25, 0.3) is 0 Å². The topological polar surface area (TPSA) is 82.5 Å². The van der Waals surface area contributed by atoms with Crippen LogP contribution in [0.4, 0.5) is 5.82 Å². The van der Waals surface area contributed by atoms with Crippen LogP contribution in [0.5, 0.6) is 0 Å². The Balaban J connectivity index is 3.01. The molecule has 3 N–H and O–H groups in total. The molecule has 0 fully saturated rings. The lowest BCUT2D eigenvalue weighted by atomic mass is 9.99. The van der Waals surface area contributed by atoms with Crippen molar-refractivity contribution in [3.05, 3.63) is 22.8 Å². The number of nitrogens with zero attached hydrogens (tertiary/aromatic N) is 1. The second-order valence-electron chi connectivity index (χ2n) is 4.38. The summed E-state index contributed by atoms with van der Waals surface area (Å²) in [4.78, 5) is 14.9. The quantitative estimate of drug-likeness (QED) is 0.770. The first-order valence-corrected chi connectivity index (χ1v) is 5.47. The van der Waals surface area contributed by atoms with Gasteiger partial charge in [0, 0.05) is 6.20 Å². The molecule has 0 aliphatic carbocycles. The molecule has 1 aromatic heterocycles. The summed E-state index contributed by atoms with van der Waals surface area (Å²) < 4.78 is 0. The van der Waals surface area contributed by atoms with E-state index < -0.39 is 17.6 Å². The maximum atomic E-state index is 10.9. The molecule has 0 bridgehead atoms. The zero-order valence-corrected chi connectivity index (χ0v) is 10.6. The number of carboxylic acids is 1. The summed E-state index contributed by atoms with van der Waals surface area (Å²) in [7, 11) is 0. The number of rotatable bonds is 4. The van der Waals surface area contributed by atoms with Gasteiger partial charge in [-0.05, 0) is 26.8 Å². The second-order valence-corrected chi connectivity index (χ2v) is 4.78. The Bertz CT molecular complexity index is 433. The van der Waals surface area contributed by atoms with Crippen LogP contribution in [0.3, 0.4) is 0 Å². The number of halogens is 1. The number of nitrogens with one attached hydrogen (secondary N) is 1. The summed E-state index contributed by atoms with van der Waals surface area (Å²) in [5.74, 6) is -0.756. The van der Waals surface area contributed by atoms with Crippen LogP contribution in [-0.4, -0.2) is 32.8 Å². The van der Waals surface area contributed by atoms with Gasteiger partial charge in [-0.2, -0.15) is 0 Å². The van der Waals surface area contributed by atoms with Gasteiger partial charge in [-0.25, -0.2) is 9.78 Å². The van der Waals surface area contributed by atoms with Crippen LogP contribution in [-0.2, 0) is 0 Å². The minimum Gasteiger partial charge on any atom is -0.478 e. The van der Waals surface area contributed by atoms with Crippen molar-refractivity contribution in [1.29, 1.82) is 0 Å². The minimum atomic E-state index is -1.12. The normalized spacial score (nSPS) is 13.2. The zero-order valence-electron chi connectivity index (χ0n) is 9.86. The number of hydrogen-bond acceptors (Lipinski definition) is 4. The van der Waals surface area contributed by atoms with Gasteiger partial charge in [0.25, 0.3) is 0 Å². The third kappa shape index (κ3) is 3.31. The molecule has 0 saturated heterocycles. The molecule has 1 aromatic rings. The molecule has 1 rings (SSSR count). The third-order valence-corrected chi connectivity index (χ3v) is 2.88. The van der Waals surface area contributed by atoms with Gasteiger partial charge in [0.05, 0.1) is 22.2 Å². The lowest BCUT2D eigenvalue weighted by Crippen LogP contribution is -2.42. The molecule has 5 nitrogen and oxygen atoms in total. The van der Waals surface area contributed by atoms with Crippen molar-refractivity contribution in [3.8, 4) is 0 Å². The first-order valence-electron chi connectivity index (χ1n) is 5.09. The second kappa shape index (κ2) is 4.89. The number of pyridine rings is 1. The van der Waals surface area contributed by atoms with E-state index in [4.69, 9.17) is 16.7 Å². The van der Waals surface area contributed by atoms with Crippen molar-refractivity contribution in [2.45, 2.75) is 32.4 Å². The van der Waals surface area contributed by atoms with E-state index in [1.165, 1.54) is 12.3 Å². The highest BCUT2D eigenvalue weighted by Gasteiger charge is 2.24. The maximum absolute atomic E-state index is 10.9. The molecule has 0 aromatic carbocycles. The van der Waals surface area contributed by atoms with E-state index >= 15 is 0 Å². The summed E-state index contributed by atoms with van der Waals surface area (Å²) in [5, 5.41) is 21.5. The molecule has 0 amide bonds. The van der Waals surface area contributed by atoms with E-state index in [0.29, 0.717) is 5.82 Å². The summed E-state index contributed by atoms with van der Waals surface area (Å²) in [6.45, 7) is 5.21. The molecule has 1 unspecified atom stereocenters. The average molecular weight is 259 g/mol. The van der Waals surface area contributed by atoms with Gasteiger partial charge in [-0.3, -0.25) is 0 Å². The Kier molecular flexibility index (Phi) is 3.95. The van der Waals surface area contributed by atoms with Gasteiger partial charge < -0.3 is 15.5 Å². The Morgan fingerprint density at radius 1 is 1.59 bits per heavy atom. The Morgan fingerprint density at radius 3 is 2.65 bits per heavy atom. The predicted octanol–water partition coefficient (Wildman–Crippen LogP) is 2.00. The van der Waals surface area contributed by atoms with E-state index in [9.17, 15) is 9.90 Å². The average Bonchev–Trinajstić information content (AvgIpc) is 2.20. The molecule has 1 atom stereocenters. The van der Waals surface area contributed by atoms with Crippen molar-refractivity contribution in [2.75, 3.05) is 5.32 Å². The first-order chi connectivity index (χ1) is 7.74. The van der Waals surface area contributed by atoms with Crippen LogP contribution in [0, 0.1) is 0 Å². The Hall–Kier alpha value is -1.33. The molecule has 0 aliphatic rings. The highest BCUT2D eigenvalue weighted by Crippen LogP contribution is 2.21. The van der Waals surface area contributed by atoms with Gasteiger partial charge in [0.2, 0.25) is 0 Å². The van der Waals surface area contributed by atoms with Crippen molar-refractivity contribution in [3.63, 3.8) is 0 Å². The molecule has 0 spiro atoms. The fourth-order valence-corrected chi connectivity index (χ4v) is 1.29. The molecule has 6 heteroatoms. The van der Waals surface area contributed by atoms with Gasteiger partial charge in [-0.15, -0.1) is 0 Å². The number of aliphatic hydroxyl groups is 1. The monoisotopic (exact) mass is 258 g/mol. The third-order valence-electron chi connectivity index (χ3n) is 2.58. The fraction of sp³-hybridized carbons (Fsp3) is 0.455. The number of carbonyl (C=O) groups is 1. The van der Waals surface area contributed by atoms with Gasteiger partial charge in [0.1, 0.15) is 5.82 Å². The smallest absolute Gasteiger partial charge is 0.337 e. The molecular weight excluding hydrogens is 244 g/mol. The number of aromatic carboxylic acids is 1. The number of aromatic nitrogens is 1. The van der Waals surface area contributed by atoms with Crippen molar-refractivity contribution in [1.82, 2.24) is 4.98 Å².